The van der Waals surface area contributed by atoms with Crippen LogP contribution in [0.25, 0.3) is 0 Å². The van der Waals surface area contributed by atoms with Gasteiger partial charge in [-0.15, -0.1) is 0 Å². The summed E-state index contributed by atoms with van der Waals surface area (Å²) in [6.07, 6.45) is 1.91. The van der Waals surface area contributed by atoms with Gasteiger partial charge in [-0.1, -0.05) is 30.3 Å². The first-order chi connectivity index (χ1) is 6.74. The van der Waals surface area contributed by atoms with Gasteiger partial charge in [0.05, 0.1) is 5.92 Å². The number of nitrogens with two attached hydrogens (primary N) is 1. The molecular formula is C11H12N2O. The Kier molecular flexibility index (Phi) is 3.65. The molecule has 3 nitrogen and oxygen atoms in total. The van der Waals surface area contributed by atoms with Crippen LogP contribution in [0.5, 0.6) is 0 Å². The molecule has 0 fully saturated rings. The van der Waals surface area contributed by atoms with E-state index in [1.807, 2.05) is 30.3 Å². The van der Waals surface area contributed by atoms with E-state index >= 15 is 0 Å². The van der Waals surface area contributed by atoms with Gasteiger partial charge in [-0.3, -0.25) is 10.2 Å². The molecule has 0 spiro atoms. The summed E-state index contributed by atoms with van der Waals surface area (Å²) in [5, 5.41) is 6.78. The van der Waals surface area contributed by atoms with E-state index in [0.717, 1.165) is 5.56 Å². The SMILES string of the molecule is N=C=CC(Cc1ccccc1)C(N)=O. The topological polar surface area (TPSA) is 66.9 Å². The van der Waals surface area contributed by atoms with Crippen LogP contribution in [0.1, 0.15) is 5.56 Å². The Bertz CT molecular complexity index is 351. The highest BCUT2D eigenvalue weighted by atomic mass is 16.1. The molecule has 0 aliphatic heterocycles. The summed E-state index contributed by atoms with van der Waals surface area (Å²) in [4.78, 5) is 11.0. The maximum Gasteiger partial charge on any atom is 0.225 e. The lowest BCUT2D eigenvalue weighted by Crippen LogP contribution is -2.23. The molecule has 0 aromatic heterocycles. The zero-order valence-electron chi connectivity index (χ0n) is 7.73. The Labute approximate surface area is 82.8 Å². The van der Waals surface area contributed by atoms with E-state index in [2.05, 4.69) is 5.87 Å². The highest BCUT2D eigenvalue weighted by Crippen LogP contribution is 2.08. The molecule has 0 heterocycles. The summed E-state index contributed by atoms with van der Waals surface area (Å²) in [7, 11) is 0. The number of amides is 1. The van der Waals surface area contributed by atoms with Gasteiger partial charge in [0.2, 0.25) is 5.91 Å². The molecule has 72 valence electrons. The second-order valence-electron chi connectivity index (χ2n) is 3.01. The molecule has 0 aliphatic carbocycles. The van der Waals surface area contributed by atoms with Crippen molar-refractivity contribution in [2.45, 2.75) is 6.42 Å². The molecule has 1 atom stereocenters. The number of primary amides is 1. The fourth-order valence-electron chi connectivity index (χ4n) is 1.21. The summed E-state index contributed by atoms with van der Waals surface area (Å²) < 4.78 is 0. The van der Waals surface area contributed by atoms with Gasteiger partial charge in [0.25, 0.3) is 0 Å². The maximum absolute atomic E-state index is 11.0. The Morgan fingerprint density at radius 3 is 2.64 bits per heavy atom. The molecule has 14 heavy (non-hydrogen) atoms. The zero-order chi connectivity index (χ0) is 10.4. The second-order valence-corrected chi connectivity index (χ2v) is 3.01. The molecule has 0 saturated heterocycles. The third-order valence-corrected chi connectivity index (χ3v) is 1.95. The maximum atomic E-state index is 11.0. The molecule has 0 aliphatic rings. The lowest BCUT2D eigenvalue weighted by molar-refractivity contribution is -0.120. The molecule has 0 saturated carbocycles. The molecule has 3 N–H and O–H groups in total. The molecule has 0 radical (unpaired) electrons. The number of carbonyl (C=O) groups excluding carboxylic acids is 1. The van der Waals surface area contributed by atoms with Gasteiger partial charge >= 0.3 is 0 Å². The molecule has 1 amide bonds. The normalized spacial score (nSPS) is 11.4. The Hall–Kier alpha value is -1.86. The van der Waals surface area contributed by atoms with E-state index in [1.165, 1.54) is 6.08 Å². The summed E-state index contributed by atoms with van der Waals surface area (Å²) in [5.41, 5.74) is 6.21. The second kappa shape index (κ2) is 5.00. The standard InChI is InChI=1S/C11H12N2O/c12-7-6-10(11(13)14)8-9-4-2-1-3-5-9/h1-6,10,12H,8H2,(H2,13,14). The van der Waals surface area contributed by atoms with Crippen molar-refractivity contribution in [3.05, 3.63) is 42.0 Å². The van der Waals surface area contributed by atoms with Crippen molar-refractivity contribution < 1.29 is 4.79 Å². The van der Waals surface area contributed by atoms with E-state index in [1.54, 1.807) is 0 Å². The van der Waals surface area contributed by atoms with Gasteiger partial charge in [0, 0.05) is 0 Å². The molecule has 1 aromatic carbocycles. The lowest BCUT2D eigenvalue weighted by atomic mass is 9.99. The summed E-state index contributed by atoms with van der Waals surface area (Å²) in [6, 6.07) is 9.57. The molecule has 1 aromatic rings. The Balaban J connectivity index is 2.75. The number of benzene rings is 1. The van der Waals surface area contributed by atoms with Crippen molar-refractivity contribution in [1.82, 2.24) is 0 Å². The van der Waals surface area contributed by atoms with E-state index in [9.17, 15) is 4.79 Å². The molecule has 0 bridgehead atoms. The van der Waals surface area contributed by atoms with Crippen LogP contribution in [0, 0.1) is 11.3 Å². The average Bonchev–Trinajstić information content (AvgIpc) is 2.18. The van der Waals surface area contributed by atoms with Crippen LogP contribution in [0.4, 0.5) is 0 Å². The van der Waals surface area contributed by atoms with Gasteiger partial charge in [-0.2, -0.15) is 0 Å². The van der Waals surface area contributed by atoms with E-state index in [0.29, 0.717) is 6.42 Å². The largest absolute Gasteiger partial charge is 0.369 e. The summed E-state index contributed by atoms with van der Waals surface area (Å²) >= 11 is 0. The van der Waals surface area contributed by atoms with E-state index in [4.69, 9.17) is 11.1 Å². The predicted molar refractivity (Wildman–Crippen MR) is 55.1 cm³/mol. The smallest absolute Gasteiger partial charge is 0.225 e. The van der Waals surface area contributed by atoms with Crippen LogP contribution in [0.2, 0.25) is 0 Å². The van der Waals surface area contributed by atoms with E-state index in [-0.39, 0.29) is 0 Å². The minimum atomic E-state index is -0.435. The minimum absolute atomic E-state index is 0.423. The minimum Gasteiger partial charge on any atom is -0.369 e. The first kappa shape index (κ1) is 10.2. The number of rotatable bonds is 4. The average molecular weight is 188 g/mol. The first-order valence-corrected chi connectivity index (χ1v) is 4.33. The van der Waals surface area contributed by atoms with Gasteiger partial charge in [-0.25, -0.2) is 0 Å². The Morgan fingerprint density at radius 1 is 1.50 bits per heavy atom. The zero-order valence-corrected chi connectivity index (χ0v) is 7.73. The third-order valence-electron chi connectivity index (χ3n) is 1.95. The fourth-order valence-corrected chi connectivity index (χ4v) is 1.21. The van der Waals surface area contributed by atoms with Crippen LogP contribution in [0.15, 0.2) is 36.4 Å². The third kappa shape index (κ3) is 2.88. The van der Waals surface area contributed by atoms with Crippen LogP contribution in [0.3, 0.4) is 0 Å². The number of hydrogen-bond acceptors (Lipinski definition) is 2. The number of hydrogen-bond donors (Lipinski definition) is 2. The van der Waals surface area contributed by atoms with Gasteiger partial charge < -0.3 is 5.73 Å². The molecule has 3 heteroatoms. The fraction of sp³-hybridized carbons (Fsp3) is 0.182. The lowest BCUT2D eigenvalue weighted by Gasteiger charge is -2.06. The van der Waals surface area contributed by atoms with Gasteiger partial charge in [0.1, 0.15) is 0 Å². The summed E-state index contributed by atoms with van der Waals surface area (Å²) in [6.45, 7) is 0. The van der Waals surface area contributed by atoms with E-state index < -0.39 is 11.8 Å². The number of carbonyl (C=O) groups is 1. The van der Waals surface area contributed by atoms with Crippen LogP contribution < -0.4 is 5.73 Å². The van der Waals surface area contributed by atoms with Gasteiger partial charge in [0.15, 0.2) is 0 Å². The molecule has 1 unspecified atom stereocenters. The highest BCUT2D eigenvalue weighted by Gasteiger charge is 2.11. The van der Waals surface area contributed by atoms with Gasteiger partial charge in [-0.05, 0) is 23.9 Å². The summed E-state index contributed by atoms with van der Waals surface area (Å²) in [5.74, 6) is 1.24. The van der Waals surface area contributed by atoms with Crippen molar-refractivity contribution in [3.63, 3.8) is 0 Å². The first-order valence-electron chi connectivity index (χ1n) is 4.33. The van der Waals surface area contributed by atoms with Crippen molar-refractivity contribution >= 4 is 11.8 Å². The van der Waals surface area contributed by atoms with Crippen molar-refractivity contribution in [3.8, 4) is 0 Å². The van der Waals surface area contributed by atoms with Crippen molar-refractivity contribution in [1.29, 1.82) is 5.41 Å². The Morgan fingerprint density at radius 2 is 2.14 bits per heavy atom. The highest BCUT2D eigenvalue weighted by molar-refractivity contribution is 5.80. The molecule has 1 rings (SSSR count). The number of nitrogens with one attached hydrogen (secondary N) is 1. The monoisotopic (exact) mass is 188 g/mol. The molecular weight excluding hydrogens is 176 g/mol. The predicted octanol–water partition coefficient (Wildman–Crippen LogP) is 1.14. The van der Waals surface area contributed by atoms with Crippen molar-refractivity contribution in [2.75, 3.05) is 0 Å². The van der Waals surface area contributed by atoms with Crippen LogP contribution in [-0.4, -0.2) is 11.8 Å². The van der Waals surface area contributed by atoms with Crippen LogP contribution in [-0.2, 0) is 11.2 Å². The quantitative estimate of drug-likeness (QED) is 0.683. The van der Waals surface area contributed by atoms with Crippen molar-refractivity contribution in [2.24, 2.45) is 11.7 Å². The van der Waals surface area contributed by atoms with Crippen LogP contribution >= 0.6 is 0 Å².